The van der Waals surface area contributed by atoms with Gasteiger partial charge in [-0.15, -0.1) is 6.42 Å². The lowest BCUT2D eigenvalue weighted by atomic mass is 9.95. The number of nitrogens with zero attached hydrogens (tertiary/aromatic N) is 5. The zero-order chi connectivity index (χ0) is 35.0. The SMILES string of the molecule is [2H]C([2H])([2H])Oc1c(-c2cccc3ccc(F)c(C#C)c23)ncc2c(N3CCCCC(NC(=O)C=C)C3)nc(OCC34CCCN3CCC4)nc12. The number of pyridine rings is 1. The summed E-state index contributed by atoms with van der Waals surface area (Å²) in [5, 5.41) is 4.52. The lowest BCUT2D eigenvalue weighted by Gasteiger charge is -2.31. The number of benzene rings is 2. The van der Waals surface area contributed by atoms with Gasteiger partial charge < -0.3 is 19.7 Å². The fraction of sp³-hybridized carbons (Fsp3) is 0.405. The van der Waals surface area contributed by atoms with Gasteiger partial charge in [-0.2, -0.15) is 9.97 Å². The zero-order valence-electron chi connectivity index (χ0n) is 29.2. The molecule has 2 aromatic heterocycles. The number of terminal acetylenes is 1. The third kappa shape index (κ3) is 5.63. The standard InChI is InChI=1S/C37H39FN6O3/c1-4-26-29(38)15-14-24-11-8-13-27(31(24)26)32-34(46-3)33-28(21-39-32)35(43-18-7-6-12-25(22-43)40-30(45)5-2)42-36(41-33)47-23-37-16-9-19-44(37)20-10-17-37/h1,5,8,11,13-15,21,25H,2,6-7,9-10,12,16-20,22-23H2,3H3,(H,40,45)/i3D3. The lowest BCUT2D eigenvalue weighted by molar-refractivity contribution is -0.117. The summed E-state index contributed by atoms with van der Waals surface area (Å²) < 4.78 is 51.7. The molecule has 7 rings (SSSR count). The van der Waals surface area contributed by atoms with E-state index in [2.05, 4.69) is 27.6 Å². The molecular weight excluding hydrogens is 595 g/mol. The number of nitrogens with one attached hydrogen (secondary N) is 1. The van der Waals surface area contributed by atoms with E-state index in [9.17, 15) is 4.79 Å². The van der Waals surface area contributed by atoms with Crippen LogP contribution in [0.25, 0.3) is 32.9 Å². The summed E-state index contributed by atoms with van der Waals surface area (Å²) in [4.78, 5) is 31.3. The number of ether oxygens (including phenoxy) is 2. The maximum absolute atomic E-state index is 15.1. The van der Waals surface area contributed by atoms with Crippen molar-refractivity contribution in [3.63, 3.8) is 0 Å². The molecule has 9 nitrogen and oxygen atoms in total. The summed E-state index contributed by atoms with van der Waals surface area (Å²) in [6, 6.07) is 8.09. The van der Waals surface area contributed by atoms with E-state index >= 15 is 4.39 Å². The van der Waals surface area contributed by atoms with Gasteiger partial charge in [-0.25, -0.2) is 4.39 Å². The van der Waals surface area contributed by atoms with Gasteiger partial charge >= 0.3 is 6.01 Å². The topological polar surface area (TPSA) is 92.7 Å². The summed E-state index contributed by atoms with van der Waals surface area (Å²) in [6.45, 7) is 7.09. The number of halogens is 1. The van der Waals surface area contributed by atoms with Gasteiger partial charge in [0, 0.05) is 36.3 Å². The molecule has 3 aliphatic rings. The Labute approximate surface area is 278 Å². The van der Waals surface area contributed by atoms with Crippen molar-refractivity contribution in [2.45, 2.75) is 56.5 Å². The normalized spacial score (nSPS) is 20.5. The van der Waals surface area contributed by atoms with Crippen molar-refractivity contribution in [2.75, 3.05) is 44.7 Å². The Morgan fingerprint density at radius 3 is 2.85 bits per heavy atom. The van der Waals surface area contributed by atoms with Gasteiger partial charge in [-0.05, 0) is 75.6 Å². The van der Waals surface area contributed by atoms with Crippen LogP contribution < -0.4 is 19.7 Å². The summed E-state index contributed by atoms with van der Waals surface area (Å²) in [7, 11) is -2.89. The first-order valence-corrected chi connectivity index (χ1v) is 16.2. The molecule has 47 heavy (non-hydrogen) atoms. The Bertz CT molecular complexity index is 2010. The van der Waals surface area contributed by atoms with Crippen LogP contribution in [0.3, 0.4) is 0 Å². The van der Waals surface area contributed by atoms with Gasteiger partial charge in [0.15, 0.2) is 5.75 Å². The molecule has 1 amide bonds. The minimum atomic E-state index is -2.89. The Hall–Kier alpha value is -4.75. The maximum atomic E-state index is 15.1. The number of carbonyl (C=O) groups is 1. The molecule has 1 N–H and O–H groups in total. The van der Waals surface area contributed by atoms with Crippen LogP contribution in [0.15, 0.2) is 49.2 Å². The molecule has 1 atom stereocenters. The van der Waals surface area contributed by atoms with E-state index in [1.54, 1.807) is 30.5 Å². The number of carbonyl (C=O) groups excluding carboxylic acids is 1. The minimum Gasteiger partial charge on any atom is -0.492 e. The van der Waals surface area contributed by atoms with E-state index in [1.807, 2.05) is 0 Å². The molecule has 0 spiro atoms. The highest BCUT2D eigenvalue weighted by Gasteiger charge is 2.45. The van der Waals surface area contributed by atoms with Crippen molar-refractivity contribution in [1.82, 2.24) is 25.2 Å². The molecular formula is C37H39FN6O3. The van der Waals surface area contributed by atoms with Crippen LogP contribution in [-0.4, -0.2) is 77.2 Å². The second-order valence-electron chi connectivity index (χ2n) is 12.7. The largest absolute Gasteiger partial charge is 0.492 e. The van der Waals surface area contributed by atoms with Gasteiger partial charge in [0.1, 0.15) is 29.5 Å². The maximum Gasteiger partial charge on any atom is 0.319 e. The van der Waals surface area contributed by atoms with Crippen molar-refractivity contribution in [3.8, 4) is 35.4 Å². The first-order valence-electron chi connectivity index (χ1n) is 17.7. The highest BCUT2D eigenvalue weighted by atomic mass is 19.1. The molecule has 4 aromatic rings. The molecule has 0 saturated carbocycles. The summed E-state index contributed by atoms with van der Waals surface area (Å²) in [6.07, 6.45) is 15.3. The van der Waals surface area contributed by atoms with Crippen LogP contribution in [0.5, 0.6) is 11.8 Å². The predicted molar refractivity (Wildman–Crippen MR) is 181 cm³/mol. The number of methoxy groups -OCH3 is 1. The molecule has 10 heteroatoms. The van der Waals surface area contributed by atoms with Gasteiger partial charge in [-0.1, -0.05) is 36.8 Å². The molecule has 3 fully saturated rings. The van der Waals surface area contributed by atoms with Gasteiger partial charge in [-0.3, -0.25) is 14.7 Å². The molecule has 5 heterocycles. The van der Waals surface area contributed by atoms with E-state index < -0.39 is 12.9 Å². The Morgan fingerprint density at radius 1 is 1.21 bits per heavy atom. The first kappa shape index (κ1) is 27.4. The van der Waals surface area contributed by atoms with Crippen LogP contribution in [0.4, 0.5) is 10.2 Å². The Morgan fingerprint density at radius 2 is 2.06 bits per heavy atom. The van der Waals surface area contributed by atoms with E-state index in [4.69, 9.17) is 35.0 Å². The van der Waals surface area contributed by atoms with Crippen molar-refractivity contribution in [1.29, 1.82) is 0 Å². The van der Waals surface area contributed by atoms with Crippen molar-refractivity contribution < 1.29 is 22.8 Å². The van der Waals surface area contributed by atoms with Crippen LogP contribution in [0.1, 0.15) is 54.6 Å². The number of hydrogen-bond donors (Lipinski definition) is 1. The van der Waals surface area contributed by atoms with E-state index in [0.717, 1.165) is 58.0 Å². The number of rotatable bonds is 8. The second-order valence-corrected chi connectivity index (χ2v) is 12.7. The molecule has 0 radical (unpaired) electrons. The molecule has 2 aromatic carbocycles. The fourth-order valence-corrected chi connectivity index (χ4v) is 7.69. The minimum absolute atomic E-state index is 0.0290. The van der Waals surface area contributed by atoms with Crippen LogP contribution in [0, 0.1) is 18.2 Å². The van der Waals surface area contributed by atoms with E-state index in [1.165, 1.54) is 12.1 Å². The fourth-order valence-electron chi connectivity index (χ4n) is 7.69. The summed E-state index contributed by atoms with van der Waals surface area (Å²) in [5.74, 6) is 1.97. The van der Waals surface area contributed by atoms with Crippen LogP contribution in [-0.2, 0) is 4.79 Å². The quantitative estimate of drug-likeness (QED) is 0.196. The lowest BCUT2D eigenvalue weighted by Crippen LogP contribution is -2.43. The molecule has 1 unspecified atom stereocenters. The second kappa shape index (κ2) is 12.8. The average molecular weight is 638 g/mol. The van der Waals surface area contributed by atoms with Crippen molar-refractivity contribution in [3.05, 3.63) is 60.6 Å². The number of fused-ring (bicyclic) bond motifs is 3. The van der Waals surface area contributed by atoms with Crippen molar-refractivity contribution in [2.24, 2.45) is 0 Å². The van der Waals surface area contributed by atoms with Gasteiger partial charge in [0.2, 0.25) is 5.91 Å². The third-order valence-electron chi connectivity index (χ3n) is 9.94. The molecule has 0 bridgehead atoms. The van der Waals surface area contributed by atoms with Crippen LogP contribution in [0.2, 0.25) is 0 Å². The first-order chi connectivity index (χ1) is 24.1. The van der Waals surface area contributed by atoms with Gasteiger partial charge in [0.05, 0.1) is 27.6 Å². The van der Waals surface area contributed by atoms with Crippen molar-refractivity contribution >= 4 is 33.4 Å². The summed E-state index contributed by atoms with van der Waals surface area (Å²) >= 11 is 0. The number of anilines is 1. The summed E-state index contributed by atoms with van der Waals surface area (Å²) in [5.41, 5.74) is 0.653. The average Bonchev–Trinajstić information content (AvgIpc) is 3.60. The molecule has 0 aliphatic carbocycles. The smallest absolute Gasteiger partial charge is 0.319 e. The molecule has 3 aliphatic heterocycles. The Balaban J connectivity index is 1.43. The Kier molecular flexibility index (Phi) is 7.46. The number of amides is 1. The third-order valence-corrected chi connectivity index (χ3v) is 9.94. The number of hydrogen-bond acceptors (Lipinski definition) is 8. The molecule has 3 saturated heterocycles. The highest BCUT2D eigenvalue weighted by molar-refractivity contribution is 6.04. The zero-order valence-corrected chi connectivity index (χ0v) is 26.2. The predicted octanol–water partition coefficient (Wildman–Crippen LogP) is 5.64. The highest BCUT2D eigenvalue weighted by Crippen LogP contribution is 2.42. The van der Waals surface area contributed by atoms with E-state index in [0.29, 0.717) is 47.2 Å². The van der Waals surface area contributed by atoms with Crippen LogP contribution >= 0.6 is 0 Å². The van der Waals surface area contributed by atoms with Gasteiger partial charge in [0.25, 0.3) is 0 Å². The van der Waals surface area contributed by atoms with E-state index in [-0.39, 0.29) is 46.0 Å². The number of aromatic nitrogens is 3. The molecule has 242 valence electrons. The monoisotopic (exact) mass is 637 g/mol.